The normalized spacial score (nSPS) is 16.1. The highest BCUT2D eigenvalue weighted by Crippen LogP contribution is 2.45. The number of fused-ring (bicyclic) bond motifs is 1. The zero-order valence-corrected chi connectivity index (χ0v) is 20.5. The van der Waals surface area contributed by atoms with Crippen LogP contribution in [0.3, 0.4) is 0 Å². The number of halogens is 2. The Morgan fingerprint density at radius 1 is 1.03 bits per heavy atom. The number of nitro benzene ring substituents is 1. The first-order valence-corrected chi connectivity index (χ1v) is 12.3. The molecule has 0 aliphatic carbocycles. The molecule has 8 nitrogen and oxygen atoms in total. The van der Waals surface area contributed by atoms with Crippen LogP contribution in [-0.4, -0.2) is 38.4 Å². The van der Waals surface area contributed by atoms with Crippen LogP contribution in [0.25, 0.3) is 0 Å². The number of nitrogens with zero attached hydrogens (tertiary/aromatic N) is 2. The molecule has 0 fully saturated rings. The summed E-state index contributed by atoms with van der Waals surface area (Å²) in [7, 11) is -1.14. The van der Waals surface area contributed by atoms with E-state index in [1.165, 1.54) is 36.7 Å². The molecule has 4 rings (SSSR count). The van der Waals surface area contributed by atoms with Gasteiger partial charge in [-0.25, -0.2) is 8.42 Å². The van der Waals surface area contributed by atoms with Crippen LogP contribution in [0.4, 0.5) is 5.69 Å². The summed E-state index contributed by atoms with van der Waals surface area (Å²) in [6.45, 7) is 0.114. The van der Waals surface area contributed by atoms with E-state index in [0.717, 1.165) is 11.6 Å². The van der Waals surface area contributed by atoms with Crippen LogP contribution in [0.15, 0.2) is 59.5 Å². The van der Waals surface area contributed by atoms with Gasteiger partial charge in [0.1, 0.15) is 11.5 Å². The van der Waals surface area contributed by atoms with Gasteiger partial charge in [0.25, 0.3) is 5.69 Å². The standard InChI is InChI=1S/C23H20Cl2N2O6S/c1-32-19-10-14-6-7-26(34(30,31)20-5-3-4-18(12-20)27(28)29)23(22(14)21(13-19)33-2)15-8-16(24)11-17(25)9-15/h3-5,8-13,23H,6-7H2,1-2H3. The molecule has 1 aliphatic rings. The van der Waals surface area contributed by atoms with Gasteiger partial charge in [0.15, 0.2) is 0 Å². The summed E-state index contributed by atoms with van der Waals surface area (Å²) in [6.07, 6.45) is 0.377. The maximum absolute atomic E-state index is 13.8. The zero-order valence-electron chi connectivity index (χ0n) is 18.2. The van der Waals surface area contributed by atoms with Gasteiger partial charge in [0, 0.05) is 40.4 Å². The summed E-state index contributed by atoms with van der Waals surface area (Å²) < 4.78 is 39.9. The maximum Gasteiger partial charge on any atom is 0.270 e. The Kier molecular flexibility index (Phi) is 6.73. The lowest BCUT2D eigenvalue weighted by Crippen LogP contribution is -2.40. The molecule has 0 aromatic heterocycles. The summed E-state index contributed by atoms with van der Waals surface area (Å²) in [5.41, 5.74) is 1.70. The van der Waals surface area contributed by atoms with E-state index in [0.29, 0.717) is 39.1 Å². The van der Waals surface area contributed by atoms with Crippen molar-refractivity contribution in [1.82, 2.24) is 4.31 Å². The van der Waals surface area contributed by atoms with Gasteiger partial charge in [0.05, 0.1) is 30.1 Å². The van der Waals surface area contributed by atoms with Crippen molar-refractivity contribution in [3.05, 3.63) is 91.4 Å². The highest BCUT2D eigenvalue weighted by molar-refractivity contribution is 7.89. The fourth-order valence-corrected chi connectivity index (χ4v) is 6.35. The van der Waals surface area contributed by atoms with E-state index in [1.807, 2.05) is 6.07 Å². The van der Waals surface area contributed by atoms with Crippen LogP contribution < -0.4 is 9.47 Å². The van der Waals surface area contributed by atoms with E-state index in [1.54, 1.807) is 24.3 Å². The number of methoxy groups -OCH3 is 2. The Morgan fingerprint density at radius 3 is 2.35 bits per heavy atom. The van der Waals surface area contributed by atoms with Crippen LogP contribution in [0.1, 0.15) is 22.7 Å². The smallest absolute Gasteiger partial charge is 0.270 e. The molecule has 0 N–H and O–H groups in total. The molecule has 3 aromatic rings. The number of benzene rings is 3. The number of rotatable bonds is 6. The van der Waals surface area contributed by atoms with E-state index in [4.69, 9.17) is 32.7 Å². The second kappa shape index (κ2) is 9.42. The molecule has 34 heavy (non-hydrogen) atoms. The van der Waals surface area contributed by atoms with Gasteiger partial charge in [-0.2, -0.15) is 4.31 Å². The molecule has 11 heteroatoms. The maximum atomic E-state index is 13.8. The number of nitro groups is 1. The molecular formula is C23H20Cl2N2O6S. The third kappa shape index (κ3) is 4.44. The molecule has 0 spiro atoms. The summed E-state index contributed by atoms with van der Waals surface area (Å²) in [4.78, 5) is 10.4. The molecule has 0 amide bonds. The topological polar surface area (TPSA) is 99.0 Å². The Bertz CT molecular complexity index is 1340. The molecule has 1 atom stereocenters. The minimum Gasteiger partial charge on any atom is -0.497 e. The fraction of sp³-hybridized carbons (Fsp3) is 0.217. The zero-order chi connectivity index (χ0) is 24.6. The Balaban J connectivity index is 1.96. The van der Waals surface area contributed by atoms with E-state index in [-0.39, 0.29) is 17.1 Å². The first-order valence-electron chi connectivity index (χ1n) is 10.1. The van der Waals surface area contributed by atoms with Crippen LogP contribution in [0.5, 0.6) is 11.5 Å². The summed E-state index contributed by atoms with van der Waals surface area (Å²) in [5, 5.41) is 11.9. The quantitative estimate of drug-likeness (QED) is 0.323. The van der Waals surface area contributed by atoms with Crippen LogP contribution in [-0.2, 0) is 16.4 Å². The Morgan fingerprint density at radius 2 is 1.74 bits per heavy atom. The van der Waals surface area contributed by atoms with Crippen molar-refractivity contribution >= 4 is 38.9 Å². The first-order chi connectivity index (χ1) is 16.1. The van der Waals surface area contributed by atoms with Gasteiger partial charge in [0.2, 0.25) is 10.0 Å². The first kappa shape index (κ1) is 24.3. The average Bonchev–Trinajstić information content (AvgIpc) is 2.81. The molecule has 0 saturated heterocycles. The molecule has 3 aromatic carbocycles. The summed E-state index contributed by atoms with van der Waals surface area (Å²) in [5.74, 6) is 1.02. The fourth-order valence-electron chi connectivity index (χ4n) is 4.18. The number of ether oxygens (including phenoxy) is 2. The molecule has 1 heterocycles. The molecule has 178 valence electrons. The second-order valence-electron chi connectivity index (χ2n) is 7.63. The number of hydrogen-bond donors (Lipinski definition) is 0. The molecule has 1 aliphatic heterocycles. The monoisotopic (exact) mass is 522 g/mol. The summed E-state index contributed by atoms with van der Waals surface area (Å²) >= 11 is 12.5. The van der Waals surface area contributed by atoms with Gasteiger partial charge in [-0.1, -0.05) is 29.3 Å². The minimum absolute atomic E-state index is 0.114. The molecule has 0 radical (unpaired) electrons. The Labute approximate surface area is 206 Å². The lowest BCUT2D eigenvalue weighted by Gasteiger charge is -2.37. The predicted octanol–water partition coefficient (Wildman–Crippen LogP) is 5.26. The lowest BCUT2D eigenvalue weighted by molar-refractivity contribution is -0.385. The molecule has 1 unspecified atom stereocenters. The molecular weight excluding hydrogens is 503 g/mol. The van der Waals surface area contributed by atoms with Gasteiger partial charge >= 0.3 is 0 Å². The number of non-ortho nitro benzene ring substituents is 1. The van der Waals surface area contributed by atoms with E-state index >= 15 is 0 Å². The van der Waals surface area contributed by atoms with Crippen LogP contribution >= 0.6 is 23.2 Å². The van der Waals surface area contributed by atoms with Gasteiger partial charge in [-0.05, 0) is 47.9 Å². The number of hydrogen-bond acceptors (Lipinski definition) is 6. The lowest BCUT2D eigenvalue weighted by atomic mass is 9.88. The van der Waals surface area contributed by atoms with Gasteiger partial charge < -0.3 is 9.47 Å². The van der Waals surface area contributed by atoms with Crippen molar-refractivity contribution in [3.63, 3.8) is 0 Å². The summed E-state index contributed by atoms with van der Waals surface area (Å²) in [6, 6.07) is 12.5. The van der Waals surface area contributed by atoms with Crippen LogP contribution in [0.2, 0.25) is 10.0 Å². The molecule has 0 bridgehead atoms. The number of sulfonamides is 1. The van der Waals surface area contributed by atoms with E-state index in [9.17, 15) is 18.5 Å². The largest absolute Gasteiger partial charge is 0.497 e. The third-order valence-corrected chi connectivity index (χ3v) is 7.95. The van der Waals surface area contributed by atoms with E-state index < -0.39 is 21.0 Å². The minimum atomic E-state index is -4.17. The van der Waals surface area contributed by atoms with Crippen LogP contribution in [0, 0.1) is 10.1 Å². The molecule has 0 saturated carbocycles. The highest BCUT2D eigenvalue weighted by Gasteiger charge is 2.40. The van der Waals surface area contributed by atoms with Crippen molar-refractivity contribution in [2.45, 2.75) is 17.4 Å². The van der Waals surface area contributed by atoms with Crippen molar-refractivity contribution < 1.29 is 22.8 Å². The van der Waals surface area contributed by atoms with Gasteiger partial charge in [-0.15, -0.1) is 0 Å². The Hall–Kier alpha value is -2.85. The second-order valence-corrected chi connectivity index (χ2v) is 10.4. The SMILES string of the molecule is COc1cc2c(c(OC)c1)C(c1cc(Cl)cc(Cl)c1)N(S(=O)(=O)c1cccc([N+](=O)[O-])c1)CC2. The third-order valence-electron chi connectivity index (χ3n) is 5.66. The van der Waals surface area contributed by atoms with E-state index in [2.05, 4.69) is 0 Å². The van der Waals surface area contributed by atoms with Crippen molar-refractivity contribution in [2.24, 2.45) is 0 Å². The average molecular weight is 523 g/mol. The van der Waals surface area contributed by atoms with Crippen molar-refractivity contribution in [3.8, 4) is 11.5 Å². The van der Waals surface area contributed by atoms with Gasteiger partial charge in [-0.3, -0.25) is 10.1 Å². The highest BCUT2D eigenvalue weighted by atomic mass is 35.5. The predicted molar refractivity (Wildman–Crippen MR) is 129 cm³/mol. The van der Waals surface area contributed by atoms with Crippen molar-refractivity contribution in [1.29, 1.82) is 0 Å². The van der Waals surface area contributed by atoms with Crippen molar-refractivity contribution in [2.75, 3.05) is 20.8 Å².